The molecule has 0 aliphatic carbocycles. The van der Waals surface area contributed by atoms with Crippen LogP contribution in [0.4, 0.5) is 0 Å². The third kappa shape index (κ3) is 5.62. The van der Waals surface area contributed by atoms with Crippen LogP contribution in [0.15, 0.2) is 40.8 Å². The Morgan fingerprint density at radius 2 is 1.96 bits per heavy atom. The number of likely N-dealkylation sites (N-methyl/N-ethyl adjacent to an activating group) is 1. The first-order valence-corrected chi connectivity index (χ1v) is 7.85. The van der Waals surface area contributed by atoms with Crippen LogP contribution in [0, 0.1) is 6.92 Å². The van der Waals surface area contributed by atoms with E-state index < -0.39 is 0 Å². The number of benzene rings is 1. The molecule has 0 aliphatic heterocycles. The van der Waals surface area contributed by atoms with Gasteiger partial charge in [0, 0.05) is 0 Å². The molecule has 0 saturated carbocycles. The van der Waals surface area contributed by atoms with Gasteiger partial charge < -0.3 is 19.2 Å². The normalized spacial score (nSPS) is 10.7. The minimum atomic E-state index is -0.0515. The molecule has 0 fully saturated rings. The van der Waals surface area contributed by atoms with Gasteiger partial charge in [-0.1, -0.05) is 12.1 Å². The summed E-state index contributed by atoms with van der Waals surface area (Å²) in [5.74, 6) is 3.01. The summed E-state index contributed by atoms with van der Waals surface area (Å²) in [5.41, 5.74) is 0. The minimum absolute atomic E-state index is 0.0515. The van der Waals surface area contributed by atoms with Gasteiger partial charge in [0.15, 0.2) is 11.5 Å². The summed E-state index contributed by atoms with van der Waals surface area (Å²) in [7, 11) is 3.48. The van der Waals surface area contributed by atoms with Gasteiger partial charge in [0.1, 0.15) is 18.1 Å². The SMILES string of the molecule is COc1ccccc1OCCNC(=O)CN(C)Cc1ccc(C)o1. The molecule has 0 radical (unpaired) electrons. The summed E-state index contributed by atoms with van der Waals surface area (Å²) in [5, 5.41) is 2.84. The standard InChI is InChI=1S/C18H24N2O4/c1-14-8-9-15(24-14)12-20(2)13-18(21)19-10-11-23-17-7-5-4-6-16(17)22-3/h4-9H,10-13H2,1-3H3,(H,19,21). The number of para-hydroxylation sites is 2. The average molecular weight is 332 g/mol. The number of carbonyl (C=O) groups is 1. The number of nitrogens with zero attached hydrogens (tertiary/aromatic N) is 1. The monoisotopic (exact) mass is 332 g/mol. The highest BCUT2D eigenvalue weighted by Gasteiger charge is 2.09. The predicted octanol–water partition coefficient (Wildman–Crippen LogP) is 2.22. The first kappa shape index (κ1) is 17.9. The first-order chi connectivity index (χ1) is 11.6. The van der Waals surface area contributed by atoms with Crippen LogP contribution in [0.3, 0.4) is 0 Å². The molecular formula is C18H24N2O4. The van der Waals surface area contributed by atoms with E-state index in [9.17, 15) is 4.79 Å². The molecule has 1 N–H and O–H groups in total. The molecule has 0 atom stereocenters. The van der Waals surface area contributed by atoms with Gasteiger partial charge >= 0.3 is 0 Å². The maximum Gasteiger partial charge on any atom is 0.234 e. The number of carbonyl (C=O) groups excluding carboxylic acids is 1. The van der Waals surface area contributed by atoms with Gasteiger partial charge in [-0.15, -0.1) is 0 Å². The molecule has 0 aliphatic rings. The molecule has 1 heterocycles. The van der Waals surface area contributed by atoms with Crippen molar-refractivity contribution in [3.05, 3.63) is 47.9 Å². The number of hydrogen-bond acceptors (Lipinski definition) is 5. The van der Waals surface area contributed by atoms with Crippen molar-refractivity contribution < 1.29 is 18.7 Å². The summed E-state index contributed by atoms with van der Waals surface area (Å²) >= 11 is 0. The molecule has 130 valence electrons. The number of rotatable bonds is 9. The van der Waals surface area contributed by atoms with Gasteiger partial charge in [-0.3, -0.25) is 9.69 Å². The van der Waals surface area contributed by atoms with Crippen LogP contribution in [0.1, 0.15) is 11.5 Å². The summed E-state index contributed by atoms with van der Waals surface area (Å²) in [6.45, 7) is 3.61. The maximum absolute atomic E-state index is 11.9. The Hall–Kier alpha value is -2.47. The van der Waals surface area contributed by atoms with Gasteiger partial charge in [-0.25, -0.2) is 0 Å². The summed E-state index contributed by atoms with van der Waals surface area (Å²) in [6.07, 6.45) is 0. The van der Waals surface area contributed by atoms with Crippen LogP contribution < -0.4 is 14.8 Å². The highest BCUT2D eigenvalue weighted by atomic mass is 16.5. The Morgan fingerprint density at radius 1 is 1.21 bits per heavy atom. The molecule has 0 bridgehead atoms. The Kier molecular flexibility index (Phi) is 6.69. The lowest BCUT2D eigenvalue weighted by atomic mass is 10.3. The van der Waals surface area contributed by atoms with Crippen molar-refractivity contribution in [2.45, 2.75) is 13.5 Å². The van der Waals surface area contributed by atoms with Gasteiger partial charge in [0.2, 0.25) is 5.91 Å². The van der Waals surface area contributed by atoms with Crippen LogP contribution >= 0.6 is 0 Å². The largest absolute Gasteiger partial charge is 0.493 e. The molecule has 0 spiro atoms. The molecule has 2 rings (SSSR count). The molecule has 1 aromatic carbocycles. The fourth-order valence-corrected chi connectivity index (χ4v) is 2.28. The Labute approximate surface area is 142 Å². The first-order valence-electron chi connectivity index (χ1n) is 7.85. The van der Waals surface area contributed by atoms with Gasteiger partial charge in [0.05, 0.1) is 26.7 Å². The molecule has 0 saturated heterocycles. The number of hydrogen-bond donors (Lipinski definition) is 1. The zero-order chi connectivity index (χ0) is 17.4. The Morgan fingerprint density at radius 3 is 2.62 bits per heavy atom. The van der Waals surface area contributed by atoms with E-state index in [4.69, 9.17) is 13.9 Å². The van der Waals surface area contributed by atoms with E-state index in [1.54, 1.807) is 7.11 Å². The second-order valence-corrected chi connectivity index (χ2v) is 5.53. The molecular weight excluding hydrogens is 308 g/mol. The van der Waals surface area contributed by atoms with Crippen LogP contribution in [-0.4, -0.2) is 44.7 Å². The number of furan rings is 1. The highest BCUT2D eigenvalue weighted by molar-refractivity contribution is 5.77. The predicted molar refractivity (Wildman–Crippen MR) is 91.3 cm³/mol. The number of nitrogens with one attached hydrogen (secondary N) is 1. The van der Waals surface area contributed by atoms with Crippen molar-refractivity contribution in [3.8, 4) is 11.5 Å². The quantitative estimate of drug-likeness (QED) is 0.714. The van der Waals surface area contributed by atoms with E-state index in [1.165, 1.54) is 0 Å². The van der Waals surface area contributed by atoms with Crippen molar-refractivity contribution in [3.63, 3.8) is 0 Å². The lowest BCUT2D eigenvalue weighted by Gasteiger charge is -2.15. The van der Waals surface area contributed by atoms with Crippen LogP contribution in [0.25, 0.3) is 0 Å². The van der Waals surface area contributed by atoms with Crippen molar-refractivity contribution in [2.24, 2.45) is 0 Å². The van der Waals surface area contributed by atoms with Crippen molar-refractivity contribution >= 4 is 5.91 Å². The molecule has 2 aromatic rings. The van der Waals surface area contributed by atoms with Crippen LogP contribution in [0.5, 0.6) is 11.5 Å². The zero-order valence-corrected chi connectivity index (χ0v) is 14.4. The van der Waals surface area contributed by atoms with Gasteiger partial charge in [-0.05, 0) is 38.2 Å². The smallest absolute Gasteiger partial charge is 0.234 e. The summed E-state index contributed by atoms with van der Waals surface area (Å²) < 4.78 is 16.3. The fourth-order valence-electron chi connectivity index (χ4n) is 2.28. The lowest BCUT2D eigenvalue weighted by molar-refractivity contribution is -0.122. The van der Waals surface area contributed by atoms with Crippen molar-refractivity contribution in [2.75, 3.05) is 33.9 Å². The Balaban J connectivity index is 1.66. The topological polar surface area (TPSA) is 63.9 Å². The van der Waals surface area contributed by atoms with E-state index in [1.807, 2.05) is 55.3 Å². The van der Waals surface area contributed by atoms with Crippen LogP contribution in [0.2, 0.25) is 0 Å². The molecule has 0 unspecified atom stereocenters. The second-order valence-electron chi connectivity index (χ2n) is 5.53. The van der Waals surface area contributed by atoms with E-state index >= 15 is 0 Å². The highest BCUT2D eigenvalue weighted by Crippen LogP contribution is 2.25. The van der Waals surface area contributed by atoms with Crippen molar-refractivity contribution in [1.29, 1.82) is 0 Å². The molecule has 1 aromatic heterocycles. The molecule has 24 heavy (non-hydrogen) atoms. The van der Waals surface area contributed by atoms with E-state index in [0.29, 0.717) is 37.7 Å². The molecule has 6 nitrogen and oxygen atoms in total. The van der Waals surface area contributed by atoms with Gasteiger partial charge in [-0.2, -0.15) is 0 Å². The van der Waals surface area contributed by atoms with Crippen LogP contribution in [-0.2, 0) is 11.3 Å². The zero-order valence-electron chi connectivity index (χ0n) is 14.4. The number of ether oxygens (including phenoxy) is 2. The van der Waals surface area contributed by atoms with E-state index in [0.717, 1.165) is 11.5 Å². The number of aryl methyl sites for hydroxylation is 1. The van der Waals surface area contributed by atoms with Crippen molar-refractivity contribution in [1.82, 2.24) is 10.2 Å². The summed E-state index contributed by atoms with van der Waals surface area (Å²) in [6, 6.07) is 11.3. The third-order valence-electron chi connectivity index (χ3n) is 3.39. The number of amides is 1. The molecule has 1 amide bonds. The second kappa shape index (κ2) is 8.98. The molecule has 6 heteroatoms. The van der Waals surface area contributed by atoms with E-state index in [-0.39, 0.29) is 5.91 Å². The van der Waals surface area contributed by atoms with E-state index in [2.05, 4.69) is 5.32 Å². The van der Waals surface area contributed by atoms with Gasteiger partial charge in [0.25, 0.3) is 0 Å². The lowest BCUT2D eigenvalue weighted by Crippen LogP contribution is -2.36. The Bertz CT molecular complexity index is 654. The summed E-state index contributed by atoms with van der Waals surface area (Å²) in [4.78, 5) is 13.8. The minimum Gasteiger partial charge on any atom is -0.493 e. The third-order valence-corrected chi connectivity index (χ3v) is 3.39. The maximum atomic E-state index is 11.9. The average Bonchev–Trinajstić information content (AvgIpc) is 2.96. The fraction of sp³-hybridized carbons (Fsp3) is 0.389. The number of methoxy groups -OCH3 is 1.